The van der Waals surface area contributed by atoms with Crippen molar-refractivity contribution >= 4 is 32.4 Å². The van der Waals surface area contributed by atoms with Gasteiger partial charge in [-0.25, -0.2) is 13.4 Å². The van der Waals surface area contributed by atoms with Crippen LogP contribution in [0.3, 0.4) is 0 Å². The van der Waals surface area contributed by atoms with Crippen LogP contribution in [0.2, 0.25) is 0 Å². The summed E-state index contributed by atoms with van der Waals surface area (Å²) in [5.74, 6) is 0. The van der Waals surface area contributed by atoms with Gasteiger partial charge in [0.2, 0.25) is 10.0 Å². The Morgan fingerprint density at radius 2 is 1.90 bits per heavy atom. The van der Waals surface area contributed by atoms with Gasteiger partial charge in [0.1, 0.15) is 5.69 Å². The third-order valence-corrected chi connectivity index (χ3v) is 6.97. The molecule has 0 unspecified atom stereocenters. The maximum absolute atomic E-state index is 12.7. The molecule has 0 saturated carbocycles. The van der Waals surface area contributed by atoms with Crippen LogP contribution in [0.25, 0.3) is 11.0 Å². The zero-order valence-corrected chi connectivity index (χ0v) is 17.8. The number of sulfonamides is 1. The van der Waals surface area contributed by atoms with Crippen LogP contribution in [0.1, 0.15) is 20.3 Å². The van der Waals surface area contributed by atoms with E-state index in [1.165, 1.54) is 16.4 Å². The molecule has 0 spiro atoms. The number of nitrogens with one attached hydrogen (secondary N) is 1. The molecule has 3 aromatic rings. The molecule has 0 aliphatic carbocycles. The lowest BCUT2D eigenvalue weighted by Gasteiger charge is -2.18. The average Bonchev–Trinajstić information content (AvgIpc) is 3.15. The number of benzene rings is 2. The lowest BCUT2D eigenvalue weighted by atomic mass is 10.2. The quantitative estimate of drug-likeness (QED) is 0.299. The lowest BCUT2D eigenvalue weighted by molar-refractivity contribution is -0.384. The van der Waals surface area contributed by atoms with Gasteiger partial charge in [-0.15, -0.1) is 0 Å². The second-order valence-corrected chi connectivity index (χ2v) is 8.67. The first-order valence-corrected chi connectivity index (χ1v) is 11.2. The van der Waals surface area contributed by atoms with Crippen LogP contribution >= 0.6 is 0 Å². The van der Waals surface area contributed by atoms with Gasteiger partial charge in [-0.3, -0.25) is 10.1 Å². The number of nitrogens with zero attached hydrogens (tertiary/aromatic N) is 4. The van der Waals surface area contributed by atoms with Crippen LogP contribution in [-0.2, 0) is 16.6 Å². The summed E-state index contributed by atoms with van der Waals surface area (Å²) in [6, 6.07) is 11.8. The molecule has 0 bridgehead atoms. The van der Waals surface area contributed by atoms with E-state index < -0.39 is 14.9 Å². The fraction of sp³-hybridized carbons (Fsp3) is 0.350. The number of hydrogen-bond acceptors (Lipinski definition) is 6. The Morgan fingerprint density at radius 3 is 2.60 bits per heavy atom. The summed E-state index contributed by atoms with van der Waals surface area (Å²) in [4.78, 5) is 15.2. The van der Waals surface area contributed by atoms with E-state index >= 15 is 0 Å². The standard InChI is InChI=1S/C20H25N5O4S/c1-3-24(4-2)30(28,29)16-10-11-18(20(14-16)25(26)27)21-12-7-13-23-15-22-17-8-5-6-9-19(17)23/h5-6,8-11,14-15,21H,3-4,7,12-13H2,1-2H3. The number of nitro benzene ring substituents is 1. The van der Waals surface area contributed by atoms with Gasteiger partial charge in [-0.2, -0.15) is 4.31 Å². The monoisotopic (exact) mass is 431 g/mol. The minimum atomic E-state index is -3.76. The molecule has 0 saturated heterocycles. The molecule has 1 heterocycles. The number of aryl methyl sites for hydroxylation is 1. The van der Waals surface area contributed by atoms with Crippen molar-refractivity contribution in [2.75, 3.05) is 25.0 Å². The molecule has 0 aliphatic heterocycles. The second kappa shape index (κ2) is 9.23. The number of nitro groups is 1. The van der Waals surface area contributed by atoms with Gasteiger partial charge in [-0.05, 0) is 30.7 Å². The van der Waals surface area contributed by atoms with Crippen molar-refractivity contribution < 1.29 is 13.3 Å². The Balaban J connectivity index is 1.70. The molecule has 2 aromatic carbocycles. The van der Waals surface area contributed by atoms with Crippen molar-refractivity contribution in [3.8, 4) is 0 Å². The predicted octanol–water partition coefficient (Wildman–Crippen LogP) is 3.48. The van der Waals surface area contributed by atoms with E-state index in [0.29, 0.717) is 31.9 Å². The predicted molar refractivity (Wildman–Crippen MR) is 116 cm³/mol. The molecule has 3 rings (SSSR count). The highest BCUT2D eigenvalue weighted by atomic mass is 32.2. The van der Waals surface area contributed by atoms with Gasteiger partial charge in [0.05, 0.1) is 27.2 Å². The van der Waals surface area contributed by atoms with Crippen molar-refractivity contribution in [1.29, 1.82) is 0 Å². The molecule has 30 heavy (non-hydrogen) atoms. The maximum atomic E-state index is 12.7. The molecule has 10 heteroatoms. The summed E-state index contributed by atoms with van der Waals surface area (Å²) in [6.45, 7) is 5.26. The van der Waals surface area contributed by atoms with E-state index in [2.05, 4.69) is 10.3 Å². The SMILES string of the molecule is CCN(CC)S(=O)(=O)c1ccc(NCCCn2cnc3ccccc32)c([N+](=O)[O-])c1. The van der Waals surface area contributed by atoms with Crippen LogP contribution in [0.5, 0.6) is 0 Å². The summed E-state index contributed by atoms with van der Waals surface area (Å²) in [6.07, 6.45) is 2.50. The van der Waals surface area contributed by atoms with E-state index in [1.807, 2.05) is 28.8 Å². The molecule has 0 radical (unpaired) electrons. The van der Waals surface area contributed by atoms with E-state index in [0.717, 1.165) is 23.5 Å². The first-order valence-electron chi connectivity index (χ1n) is 9.80. The number of aromatic nitrogens is 2. The summed E-state index contributed by atoms with van der Waals surface area (Å²) in [5, 5.41) is 14.6. The van der Waals surface area contributed by atoms with Crippen LogP contribution in [0.4, 0.5) is 11.4 Å². The molecule has 1 N–H and O–H groups in total. The number of hydrogen-bond donors (Lipinski definition) is 1. The highest BCUT2D eigenvalue weighted by molar-refractivity contribution is 7.89. The van der Waals surface area contributed by atoms with Crippen molar-refractivity contribution in [1.82, 2.24) is 13.9 Å². The van der Waals surface area contributed by atoms with Crippen LogP contribution < -0.4 is 5.32 Å². The molecule has 0 aliphatic rings. The van der Waals surface area contributed by atoms with Crippen molar-refractivity contribution in [2.24, 2.45) is 0 Å². The second-order valence-electron chi connectivity index (χ2n) is 6.73. The molecular formula is C20H25N5O4S. The summed E-state index contributed by atoms with van der Waals surface area (Å²) >= 11 is 0. The van der Waals surface area contributed by atoms with Crippen LogP contribution in [-0.4, -0.2) is 46.8 Å². The van der Waals surface area contributed by atoms with Crippen molar-refractivity contribution in [3.63, 3.8) is 0 Å². The Bertz CT molecular complexity index is 1140. The van der Waals surface area contributed by atoms with E-state index in [1.54, 1.807) is 20.2 Å². The van der Waals surface area contributed by atoms with Crippen molar-refractivity contribution in [2.45, 2.75) is 31.7 Å². The third kappa shape index (κ3) is 4.44. The normalized spacial score (nSPS) is 11.8. The van der Waals surface area contributed by atoms with Crippen LogP contribution in [0.15, 0.2) is 53.7 Å². The molecule has 0 amide bonds. The topological polar surface area (TPSA) is 110 Å². The molecule has 0 atom stereocenters. The van der Waals surface area contributed by atoms with E-state index in [9.17, 15) is 18.5 Å². The Morgan fingerprint density at radius 1 is 1.17 bits per heavy atom. The van der Waals surface area contributed by atoms with Gasteiger partial charge in [0.15, 0.2) is 0 Å². The number of para-hydroxylation sites is 2. The molecule has 9 nitrogen and oxygen atoms in total. The Hall–Kier alpha value is -2.98. The van der Waals surface area contributed by atoms with Gasteiger partial charge < -0.3 is 9.88 Å². The highest BCUT2D eigenvalue weighted by Crippen LogP contribution is 2.29. The molecular weight excluding hydrogens is 406 g/mol. The smallest absolute Gasteiger partial charge is 0.293 e. The first kappa shape index (κ1) is 21.7. The van der Waals surface area contributed by atoms with Gasteiger partial charge in [0.25, 0.3) is 5.69 Å². The molecule has 160 valence electrons. The number of anilines is 1. The van der Waals surface area contributed by atoms with Crippen molar-refractivity contribution in [3.05, 3.63) is 58.9 Å². The fourth-order valence-electron chi connectivity index (χ4n) is 3.35. The minimum Gasteiger partial charge on any atom is -0.379 e. The zero-order valence-electron chi connectivity index (χ0n) is 17.0. The lowest BCUT2D eigenvalue weighted by Crippen LogP contribution is -2.30. The average molecular weight is 432 g/mol. The zero-order chi connectivity index (χ0) is 21.7. The van der Waals surface area contributed by atoms with Crippen LogP contribution in [0, 0.1) is 10.1 Å². The Labute approximate surface area is 175 Å². The van der Waals surface area contributed by atoms with Gasteiger partial charge in [0, 0.05) is 32.2 Å². The number of rotatable bonds is 10. The highest BCUT2D eigenvalue weighted by Gasteiger charge is 2.25. The third-order valence-electron chi connectivity index (χ3n) is 4.93. The summed E-state index contributed by atoms with van der Waals surface area (Å²) in [7, 11) is -3.76. The molecule has 0 fully saturated rings. The van der Waals surface area contributed by atoms with E-state index in [4.69, 9.17) is 0 Å². The fourth-order valence-corrected chi connectivity index (χ4v) is 4.82. The summed E-state index contributed by atoms with van der Waals surface area (Å²) in [5.41, 5.74) is 2.01. The first-order chi connectivity index (χ1) is 14.4. The van der Waals surface area contributed by atoms with E-state index in [-0.39, 0.29) is 10.6 Å². The number of fused-ring (bicyclic) bond motifs is 1. The largest absolute Gasteiger partial charge is 0.379 e. The number of imidazole rings is 1. The van der Waals surface area contributed by atoms with Gasteiger partial charge >= 0.3 is 0 Å². The minimum absolute atomic E-state index is 0.0756. The molecule has 1 aromatic heterocycles. The Kier molecular flexibility index (Phi) is 6.68. The summed E-state index contributed by atoms with van der Waals surface area (Å²) < 4.78 is 28.6. The maximum Gasteiger partial charge on any atom is 0.293 e. The van der Waals surface area contributed by atoms with Gasteiger partial charge in [-0.1, -0.05) is 26.0 Å².